The van der Waals surface area contributed by atoms with Gasteiger partial charge in [-0.2, -0.15) is 0 Å². The van der Waals surface area contributed by atoms with Crippen LogP contribution in [-0.4, -0.2) is 5.91 Å². The van der Waals surface area contributed by atoms with Gasteiger partial charge in [-0.15, -0.1) is 0 Å². The van der Waals surface area contributed by atoms with Gasteiger partial charge >= 0.3 is 0 Å². The van der Waals surface area contributed by atoms with E-state index in [1.807, 2.05) is 0 Å². The molecule has 3 nitrogen and oxygen atoms in total. The number of nitrogens with two attached hydrogens (primary N) is 1. The number of anilines is 2. The first kappa shape index (κ1) is 10.1. The molecule has 0 heterocycles. The quantitative estimate of drug-likeness (QED) is 0.432. The Balaban J connectivity index is 2.79. The van der Waals surface area contributed by atoms with E-state index in [0.717, 1.165) is 0 Å². The van der Waals surface area contributed by atoms with Gasteiger partial charge in [0.1, 0.15) is 0 Å². The third-order valence-corrected chi connectivity index (χ3v) is 1.75. The van der Waals surface area contributed by atoms with Crippen LogP contribution in [0.4, 0.5) is 11.4 Å². The molecule has 0 aromatic heterocycles. The molecule has 3 N–H and O–H groups in total. The highest BCUT2D eigenvalue weighted by atomic mass is 16.1. The van der Waals surface area contributed by atoms with Crippen LogP contribution in [0.15, 0.2) is 49.1 Å². The van der Waals surface area contributed by atoms with E-state index in [1.165, 1.54) is 6.08 Å². The first-order chi connectivity index (χ1) is 6.65. The normalized spacial score (nSPS) is 9.14. The Bertz CT molecular complexity index is 383. The second-order valence-electron chi connectivity index (χ2n) is 2.77. The van der Waals surface area contributed by atoms with E-state index in [4.69, 9.17) is 5.73 Å². The van der Waals surface area contributed by atoms with Crippen LogP contribution in [-0.2, 0) is 4.79 Å². The van der Waals surface area contributed by atoms with E-state index in [1.54, 1.807) is 24.3 Å². The number of hydrogen-bond donors (Lipinski definition) is 2. The first-order valence-electron chi connectivity index (χ1n) is 4.12. The molecule has 72 valence electrons. The summed E-state index contributed by atoms with van der Waals surface area (Å²) in [4.78, 5) is 11.4. The molecule has 0 aliphatic carbocycles. The molecule has 0 aliphatic heterocycles. The van der Waals surface area contributed by atoms with Crippen LogP contribution < -0.4 is 11.1 Å². The number of nitrogen functional groups attached to an aromatic ring is 1. The number of benzene rings is 1. The van der Waals surface area contributed by atoms with Crippen molar-refractivity contribution in [2.45, 2.75) is 0 Å². The largest absolute Gasteiger partial charge is 0.397 e. The summed E-state index contributed by atoms with van der Waals surface area (Å²) in [5.41, 5.74) is 7.06. The van der Waals surface area contributed by atoms with Crippen LogP contribution in [0, 0.1) is 0 Å². The lowest BCUT2D eigenvalue weighted by molar-refractivity contribution is -0.112. The van der Waals surface area contributed by atoms with Crippen molar-refractivity contribution in [3.63, 3.8) is 0 Å². The van der Waals surface area contributed by atoms with Gasteiger partial charge in [0.15, 0.2) is 0 Å². The third kappa shape index (κ3) is 2.23. The van der Waals surface area contributed by atoms with Crippen molar-refractivity contribution in [1.82, 2.24) is 0 Å². The third-order valence-electron chi connectivity index (χ3n) is 1.75. The number of carbonyl (C=O) groups is 1. The molecule has 0 saturated carbocycles. The van der Waals surface area contributed by atoms with Crippen molar-refractivity contribution < 1.29 is 4.79 Å². The molecule has 1 aromatic rings. The summed E-state index contributed by atoms with van der Waals surface area (Å²) in [7, 11) is 0. The highest BCUT2D eigenvalue weighted by molar-refractivity contribution is 6.06. The molecule has 14 heavy (non-hydrogen) atoms. The van der Waals surface area contributed by atoms with Gasteiger partial charge in [-0.25, -0.2) is 0 Å². The topological polar surface area (TPSA) is 55.1 Å². The lowest BCUT2D eigenvalue weighted by Gasteiger charge is -2.06. The standard InChI is InChI=1S/C11H12N2O/c1-3-8(2)11(14)13-10-7-5-4-6-9(10)12/h3-7H,1-2,12H2,(H,13,14). The Labute approximate surface area is 82.9 Å². The number of rotatable bonds is 3. The van der Waals surface area contributed by atoms with E-state index >= 15 is 0 Å². The summed E-state index contributed by atoms with van der Waals surface area (Å²) >= 11 is 0. The zero-order chi connectivity index (χ0) is 10.6. The fourth-order valence-corrected chi connectivity index (χ4v) is 0.906. The summed E-state index contributed by atoms with van der Waals surface area (Å²) in [6.45, 7) is 6.98. The minimum atomic E-state index is -0.294. The molecule has 1 amide bonds. The minimum absolute atomic E-state index is 0.294. The van der Waals surface area contributed by atoms with Gasteiger partial charge in [0.2, 0.25) is 0 Å². The minimum Gasteiger partial charge on any atom is -0.397 e. The molecule has 0 unspecified atom stereocenters. The lowest BCUT2D eigenvalue weighted by atomic mass is 10.2. The summed E-state index contributed by atoms with van der Waals surface area (Å²) in [6.07, 6.45) is 1.40. The molecular weight excluding hydrogens is 176 g/mol. The Kier molecular flexibility index (Phi) is 3.07. The average Bonchev–Trinajstić information content (AvgIpc) is 2.20. The molecule has 0 bridgehead atoms. The van der Waals surface area contributed by atoms with E-state index in [-0.39, 0.29) is 5.91 Å². The Morgan fingerprint density at radius 2 is 2.07 bits per heavy atom. The maximum Gasteiger partial charge on any atom is 0.255 e. The van der Waals surface area contributed by atoms with Gasteiger partial charge in [-0.05, 0) is 12.1 Å². The predicted octanol–water partition coefficient (Wildman–Crippen LogP) is 1.95. The van der Waals surface area contributed by atoms with Crippen LogP contribution in [0.3, 0.4) is 0 Å². The van der Waals surface area contributed by atoms with Crippen molar-refractivity contribution >= 4 is 17.3 Å². The molecule has 0 saturated heterocycles. The highest BCUT2D eigenvalue weighted by Gasteiger charge is 2.05. The molecule has 0 fully saturated rings. The molecule has 1 rings (SSSR count). The molecule has 0 atom stereocenters. The average molecular weight is 188 g/mol. The molecule has 1 aromatic carbocycles. The van der Waals surface area contributed by atoms with Gasteiger partial charge in [-0.1, -0.05) is 31.4 Å². The van der Waals surface area contributed by atoms with E-state index in [9.17, 15) is 4.79 Å². The van der Waals surface area contributed by atoms with Crippen molar-refractivity contribution in [3.05, 3.63) is 49.1 Å². The van der Waals surface area contributed by atoms with Crippen LogP contribution >= 0.6 is 0 Å². The van der Waals surface area contributed by atoms with Crippen LogP contribution in [0.25, 0.3) is 0 Å². The highest BCUT2D eigenvalue weighted by Crippen LogP contribution is 2.17. The van der Waals surface area contributed by atoms with Gasteiger partial charge in [-0.3, -0.25) is 4.79 Å². The maximum atomic E-state index is 11.4. The zero-order valence-electron chi connectivity index (χ0n) is 7.79. The fourth-order valence-electron chi connectivity index (χ4n) is 0.906. The summed E-state index contributed by atoms with van der Waals surface area (Å²) in [5.74, 6) is -0.294. The number of nitrogens with one attached hydrogen (secondary N) is 1. The zero-order valence-corrected chi connectivity index (χ0v) is 7.79. The number of amides is 1. The van der Waals surface area contributed by atoms with Gasteiger partial charge < -0.3 is 11.1 Å². The second kappa shape index (κ2) is 4.28. The van der Waals surface area contributed by atoms with E-state index in [0.29, 0.717) is 16.9 Å². The molecule has 0 spiro atoms. The summed E-state index contributed by atoms with van der Waals surface area (Å²) in [6, 6.07) is 7.03. The van der Waals surface area contributed by atoms with E-state index < -0.39 is 0 Å². The molecular formula is C11H12N2O. The van der Waals surface area contributed by atoms with Gasteiger partial charge in [0.05, 0.1) is 11.4 Å². The fraction of sp³-hybridized carbons (Fsp3) is 0. The Morgan fingerprint density at radius 3 is 2.64 bits per heavy atom. The van der Waals surface area contributed by atoms with Gasteiger partial charge in [0, 0.05) is 5.57 Å². The predicted molar refractivity (Wildman–Crippen MR) is 58.8 cm³/mol. The number of carbonyl (C=O) groups excluding carboxylic acids is 1. The number of para-hydroxylation sites is 2. The smallest absolute Gasteiger partial charge is 0.255 e. The molecule has 3 heteroatoms. The van der Waals surface area contributed by atoms with Crippen molar-refractivity contribution in [2.24, 2.45) is 0 Å². The molecule has 0 aliphatic rings. The summed E-state index contributed by atoms with van der Waals surface area (Å²) in [5, 5.41) is 2.63. The van der Waals surface area contributed by atoms with E-state index in [2.05, 4.69) is 18.5 Å². The first-order valence-corrected chi connectivity index (χ1v) is 4.12. The second-order valence-corrected chi connectivity index (χ2v) is 2.77. The van der Waals surface area contributed by atoms with Crippen molar-refractivity contribution in [3.8, 4) is 0 Å². The maximum absolute atomic E-state index is 11.4. The monoisotopic (exact) mass is 188 g/mol. The summed E-state index contributed by atoms with van der Waals surface area (Å²) < 4.78 is 0. The van der Waals surface area contributed by atoms with Crippen LogP contribution in [0.1, 0.15) is 0 Å². The van der Waals surface area contributed by atoms with Crippen LogP contribution in [0.2, 0.25) is 0 Å². The Hall–Kier alpha value is -2.03. The number of hydrogen-bond acceptors (Lipinski definition) is 2. The van der Waals surface area contributed by atoms with Crippen LogP contribution in [0.5, 0.6) is 0 Å². The lowest BCUT2D eigenvalue weighted by Crippen LogP contribution is -2.13. The molecule has 0 radical (unpaired) electrons. The van der Waals surface area contributed by atoms with Crippen molar-refractivity contribution in [2.75, 3.05) is 11.1 Å². The Morgan fingerprint density at radius 1 is 1.43 bits per heavy atom. The van der Waals surface area contributed by atoms with Gasteiger partial charge in [0.25, 0.3) is 5.91 Å². The SMILES string of the molecule is C=CC(=C)C(=O)Nc1ccccc1N. The van der Waals surface area contributed by atoms with Crippen molar-refractivity contribution in [1.29, 1.82) is 0 Å².